The third-order valence-electron chi connectivity index (χ3n) is 7.64. The number of hydrogen-bond acceptors (Lipinski definition) is 5. The first-order chi connectivity index (χ1) is 17.5. The standard InChI is InChI=1S/C27H30F3N5O2/c1-16(9-25-32-31-15-33(25)3)18-5-4-6-20(10-18)35-14-23-22(26(35)37)11-19(12-24(23)27(28,29)30)17(2)34-8-7-21(36)13-34/h4-6,10-12,15-17,21,36H,7-9,13-14H2,1-3H3/t16-,17?,21+/m1/s1. The third kappa shape index (κ3) is 4.87. The van der Waals surface area contributed by atoms with E-state index in [2.05, 4.69) is 10.2 Å². The van der Waals surface area contributed by atoms with E-state index in [9.17, 15) is 23.1 Å². The van der Waals surface area contributed by atoms with Crippen LogP contribution in [0.4, 0.5) is 18.9 Å². The molecule has 2 aliphatic heterocycles. The Morgan fingerprint density at radius 2 is 1.95 bits per heavy atom. The number of aliphatic hydroxyl groups is 1. The zero-order chi connectivity index (χ0) is 26.5. The Bertz CT molecular complexity index is 1320. The first-order valence-corrected chi connectivity index (χ1v) is 12.4. The molecule has 3 aromatic rings. The number of aromatic nitrogens is 3. The lowest BCUT2D eigenvalue weighted by Crippen LogP contribution is -2.26. The number of alkyl halides is 3. The molecule has 1 unspecified atom stereocenters. The molecule has 2 aliphatic rings. The van der Waals surface area contributed by atoms with Gasteiger partial charge in [0.2, 0.25) is 0 Å². The van der Waals surface area contributed by atoms with Gasteiger partial charge in [0.25, 0.3) is 5.91 Å². The number of carbonyl (C=O) groups is 1. The number of aliphatic hydroxyl groups excluding tert-OH is 1. The van der Waals surface area contributed by atoms with Crippen LogP contribution in [0, 0.1) is 0 Å². The van der Waals surface area contributed by atoms with Gasteiger partial charge in [-0.15, -0.1) is 10.2 Å². The van der Waals surface area contributed by atoms with Gasteiger partial charge in [0, 0.05) is 43.9 Å². The third-order valence-corrected chi connectivity index (χ3v) is 7.64. The highest BCUT2D eigenvalue weighted by atomic mass is 19.4. The number of aryl methyl sites for hydroxylation is 1. The Balaban J connectivity index is 1.45. The van der Waals surface area contributed by atoms with Crippen LogP contribution in [0.5, 0.6) is 0 Å². The summed E-state index contributed by atoms with van der Waals surface area (Å²) < 4.78 is 44.4. The SMILES string of the molecule is CC(c1cc2c(c(C(F)(F)F)c1)CN(c1cccc([C@H](C)Cc3nncn3C)c1)C2=O)N1CC[C@H](O)C1. The monoisotopic (exact) mass is 513 g/mol. The molecule has 196 valence electrons. The molecule has 0 spiro atoms. The average molecular weight is 514 g/mol. The number of fused-ring (bicyclic) bond motifs is 1. The summed E-state index contributed by atoms with van der Waals surface area (Å²) in [5.74, 6) is 0.454. The van der Waals surface area contributed by atoms with E-state index in [4.69, 9.17) is 0 Å². The molecule has 10 heteroatoms. The van der Waals surface area contributed by atoms with E-state index in [0.717, 1.165) is 11.4 Å². The van der Waals surface area contributed by atoms with Crippen LogP contribution in [0.1, 0.15) is 70.7 Å². The molecule has 0 radical (unpaired) electrons. The second kappa shape index (κ2) is 9.57. The van der Waals surface area contributed by atoms with Crippen LogP contribution < -0.4 is 4.90 Å². The summed E-state index contributed by atoms with van der Waals surface area (Å²) in [6.07, 6.45) is -2.22. The lowest BCUT2D eigenvalue weighted by atomic mass is 9.95. The van der Waals surface area contributed by atoms with Crippen molar-refractivity contribution in [1.82, 2.24) is 19.7 Å². The van der Waals surface area contributed by atoms with Crippen molar-refractivity contribution in [1.29, 1.82) is 0 Å². The van der Waals surface area contributed by atoms with Crippen molar-refractivity contribution in [2.45, 2.75) is 57.5 Å². The zero-order valence-electron chi connectivity index (χ0n) is 21.0. The van der Waals surface area contributed by atoms with Crippen molar-refractivity contribution >= 4 is 11.6 Å². The van der Waals surface area contributed by atoms with Crippen LogP contribution in [0.3, 0.4) is 0 Å². The second-order valence-electron chi connectivity index (χ2n) is 10.2. The minimum absolute atomic E-state index is 0.00689. The van der Waals surface area contributed by atoms with Crippen LogP contribution in [0.15, 0.2) is 42.7 Å². The molecule has 1 saturated heterocycles. The van der Waals surface area contributed by atoms with E-state index in [0.29, 0.717) is 37.2 Å². The number of hydrogen-bond donors (Lipinski definition) is 1. The van der Waals surface area contributed by atoms with Gasteiger partial charge in [0.05, 0.1) is 18.2 Å². The van der Waals surface area contributed by atoms with Crippen LogP contribution in [0.25, 0.3) is 0 Å². The molecule has 0 saturated carbocycles. The molecule has 3 heterocycles. The van der Waals surface area contributed by atoms with Crippen molar-refractivity contribution in [2.75, 3.05) is 18.0 Å². The lowest BCUT2D eigenvalue weighted by molar-refractivity contribution is -0.138. The van der Waals surface area contributed by atoms with Crippen molar-refractivity contribution in [3.8, 4) is 0 Å². The van der Waals surface area contributed by atoms with E-state index in [1.807, 2.05) is 48.6 Å². The molecule has 0 aliphatic carbocycles. The summed E-state index contributed by atoms with van der Waals surface area (Å²) in [6, 6.07) is 9.81. The molecular weight excluding hydrogens is 483 g/mol. The van der Waals surface area contributed by atoms with Gasteiger partial charge in [-0.3, -0.25) is 9.69 Å². The maximum Gasteiger partial charge on any atom is 0.416 e. The molecule has 1 N–H and O–H groups in total. The molecule has 1 fully saturated rings. The van der Waals surface area contributed by atoms with Crippen LogP contribution in [0.2, 0.25) is 0 Å². The predicted molar refractivity (Wildman–Crippen MR) is 132 cm³/mol. The van der Waals surface area contributed by atoms with Gasteiger partial charge in [-0.05, 0) is 60.2 Å². The number of carbonyl (C=O) groups excluding carboxylic acids is 1. The first kappa shape index (κ1) is 25.4. The highest BCUT2D eigenvalue weighted by Gasteiger charge is 2.41. The summed E-state index contributed by atoms with van der Waals surface area (Å²) in [5, 5.41) is 17.9. The molecule has 37 heavy (non-hydrogen) atoms. The van der Waals surface area contributed by atoms with E-state index in [1.54, 1.807) is 18.5 Å². The summed E-state index contributed by atoms with van der Waals surface area (Å²) in [4.78, 5) is 16.9. The summed E-state index contributed by atoms with van der Waals surface area (Å²) >= 11 is 0. The van der Waals surface area contributed by atoms with Gasteiger partial charge in [-0.1, -0.05) is 19.1 Å². The predicted octanol–water partition coefficient (Wildman–Crippen LogP) is 4.47. The van der Waals surface area contributed by atoms with Crippen molar-refractivity contribution in [2.24, 2.45) is 7.05 Å². The highest BCUT2D eigenvalue weighted by Crippen LogP contribution is 2.41. The second-order valence-corrected chi connectivity index (χ2v) is 10.2. The molecule has 3 atom stereocenters. The quantitative estimate of drug-likeness (QED) is 0.527. The Kier molecular flexibility index (Phi) is 6.57. The molecular formula is C27H30F3N5O2. The lowest BCUT2D eigenvalue weighted by Gasteiger charge is -2.25. The van der Waals surface area contributed by atoms with Gasteiger partial charge in [-0.2, -0.15) is 13.2 Å². The summed E-state index contributed by atoms with van der Waals surface area (Å²) in [5.41, 5.74) is 1.29. The van der Waals surface area contributed by atoms with E-state index in [1.165, 1.54) is 11.0 Å². The molecule has 7 nitrogen and oxygen atoms in total. The van der Waals surface area contributed by atoms with Crippen molar-refractivity contribution in [3.63, 3.8) is 0 Å². The van der Waals surface area contributed by atoms with E-state index in [-0.39, 0.29) is 29.6 Å². The number of anilines is 1. The molecule has 1 aromatic heterocycles. The van der Waals surface area contributed by atoms with E-state index < -0.39 is 23.8 Å². The fourth-order valence-corrected chi connectivity index (χ4v) is 5.35. The van der Waals surface area contributed by atoms with Gasteiger partial charge in [0.1, 0.15) is 12.2 Å². The Hall–Kier alpha value is -3.24. The maximum absolute atomic E-state index is 14.2. The highest BCUT2D eigenvalue weighted by molar-refractivity contribution is 6.10. The van der Waals surface area contributed by atoms with Crippen molar-refractivity contribution < 1.29 is 23.1 Å². The average Bonchev–Trinajstić information content (AvgIpc) is 3.56. The number of nitrogens with zero attached hydrogens (tertiary/aromatic N) is 5. The fourth-order valence-electron chi connectivity index (χ4n) is 5.35. The number of halogens is 3. The normalized spacial score (nSPS) is 19.9. The van der Waals surface area contributed by atoms with Crippen molar-refractivity contribution in [3.05, 3.63) is 76.4 Å². The van der Waals surface area contributed by atoms with Gasteiger partial charge in [0.15, 0.2) is 0 Å². The number of β-amino-alcohol motifs (C(OH)–C–C–N with tert-alkyl or cyclic N) is 1. The van der Waals surface area contributed by atoms with Gasteiger partial charge in [-0.25, -0.2) is 0 Å². The zero-order valence-corrected chi connectivity index (χ0v) is 21.0. The largest absolute Gasteiger partial charge is 0.416 e. The Labute approximate surface area is 213 Å². The molecule has 1 amide bonds. The number of rotatable bonds is 6. The Morgan fingerprint density at radius 1 is 1.16 bits per heavy atom. The Morgan fingerprint density at radius 3 is 2.59 bits per heavy atom. The minimum atomic E-state index is -4.59. The topological polar surface area (TPSA) is 74.5 Å². The fraction of sp³-hybridized carbons (Fsp3) is 0.444. The smallest absolute Gasteiger partial charge is 0.392 e. The molecule has 5 rings (SSSR count). The van der Waals surface area contributed by atoms with Gasteiger partial charge < -0.3 is 14.6 Å². The first-order valence-electron chi connectivity index (χ1n) is 12.4. The minimum Gasteiger partial charge on any atom is -0.392 e. The number of benzene rings is 2. The van der Waals surface area contributed by atoms with Crippen LogP contribution >= 0.6 is 0 Å². The number of amides is 1. The molecule has 0 bridgehead atoms. The van der Waals surface area contributed by atoms with Gasteiger partial charge >= 0.3 is 6.18 Å². The van der Waals surface area contributed by atoms with Crippen LogP contribution in [-0.4, -0.2) is 49.9 Å². The van der Waals surface area contributed by atoms with E-state index >= 15 is 0 Å². The maximum atomic E-state index is 14.2. The summed E-state index contributed by atoms with van der Waals surface area (Å²) in [7, 11) is 1.87. The summed E-state index contributed by atoms with van der Waals surface area (Å²) in [6.45, 7) is 4.72. The van der Waals surface area contributed by atoms with Crippen LogP contribution in [-0.2, 0) is 26.2 Å². The molecule has 2 aromatic carbocycles. The number of likely N-dealkylation sites (tertiary alicyclic amines) is 1.